The molecule has 0 amide bonds. The lowest BCUT2D eigenvalue weighted by Crippen LogP contribution is -1.75. The van der Waals surface area contributed by atoms with Crippen molar-refractivity contribution in [2.24, 2.45) is 0 Å². The first kappa shape index (κ1) is 36.4. The molecule has 0 spiro atoms. The molecular weight excluding hydrogens is 297 g/mol. The lowest BCUT2D eigenvalue weighted by molar-refractivity contribution is 0.481. The van der Waals surface area contributed by atoms with Crippen LogP contribution in [0.2, 0.25) is 0 Å². The Labute approximate surface area is 116 Å². The van der Waals surface area contributed by atoms with E-state index in [0.29, 0.717) is 6.16 Å². The van der Waals surface area contributed by atoms with Crippen molar-refractivity contribution < 1.29 is 31.1 Å². The highest BCUT2D eigenvalue weighted by Gasteiger charge is 1.90. The summed E-state index contributed by atoms with van der Waals surface area (Å²) in [6, 6.07) is 0. The van der Waals surface area contributed by atoms with Crippen molar-refractivity contribution in [1.29, 1.82) is 0 Å². The second-order valence-corrected chi connectivity index (χ2v) is 5.38. The fraction of sp³-hybridized carbons (Fsp3) is 1.00. The third-order valence-electron chi connectivity index (χ3n) is 1.07. The Balaban J connectivity index is -0.0000000282. The Morgan fingerprint density at radius 3 is 1.33 bits per heavy atom. The molecule has 0 aromatic carbocycles. The van der Waals surface area contributed by atoms with E-state index in [-0.39, 0.29) is 25.2 Å². The molecule has 2 atom stereocenters. The normalized spacial score (nSPS) is 8.00. The molecule has 2 unspecified atom stereocenters. The monoisotopic (exact) mass is 330 g/mol. The molecule has 0 aromatic heterocycles. The van der Waals surface area contributed by atoms with Crippen molar-refractivity contribution in [3.63, 3.8) is 0 Å². The highest BCUT2D eigenvalue weighted by Crippen LogP contribution is 2.22. The minimum atomic E-state index is -1.60. The second-order valence-electron chi connectivity index (χ2n) is 2.79. The van der Waals surface area contributed by atoms with Crippen molar-refractivity contribution in [1.82, 2.24) is 0 Å². The third kappa shape index (κ3) is 88.4. The average Bonchev–Trinajstić information content (AvgIpc) is 2.20. The van der Waals surface area contributed by atoms with Gasteiger partial charge in [0, 0.05) is 15.0 Å². The van der Waals surface area contributed by atoms with Crippen molar-refractivity contribution in [3.05, 3.63) is 0 Å². The Bertz CT molecular complexity index is 86.7. The van der Waals surface area contributed by atoms with Gasteiger partial charge in [0.25, 0.3) is 0 Å². The van der Waals surface area contributed by atoms with Crippen molar-refractivity contribution in [2.45, 2.75) is 40.0 Å². The van der Waals surface area contributed by atoms with Gasteiger partial charge in [-0.3, -0.25) is 0 Å². The van der Waals surface area contributed by atoms with Crippen LogP contribution in [0.25, 0.3) is 0 Å². The first-order valence-corrected chi connectivity index (χ1v) is 8.73. The van der Waals surface area contributed by atoms with Crippen LogP contribution in [0.5, 0.6) is 0 Å². The summed E-state index contributed by atoms with van der Waals surface area (Å²) in [7, 11) is 1.21. The van der Waals surface area contributed by atoms with E-state index >= 15 is 0 Å². The fourth-order valence-corrected chi connectivity index (χ4v) is 0.935. The molecule has 9 heteroatoms. The highest BCUT2D eigenvalue weighted by molar-refractivity contribution is 7.45. The Kier molecular flexibility index (Phi) is 87.0. The standard InChI is InChI=1S/C3H9O2P.C3H9OP.C3H9P.3H2O/c1-2-3-6(4)5;1-2-3-5-4;1-2-3-4;;;/h4-5H,2-3H2,1H3;4-5H,2-3H2,1H3;2-4H2,1H3;3*1H2. The van der Waals surface area contributed by atoms with Gasteiger partial charge in [0.05, 0.1) is 0 Å². The molecule has 0 aromatic rings. The SMILES string of the molecule is CCCP.CCCP(O)O.CCCPO.O.O.O. The van der Waals surface area contributed by atoms with Crippen LogP contribution in [-0.2, 0) is 0 Å². The van der Waals surface area contributed by atoms with Gasteiger partial charge < -0.3 is 31.1 Å². The Morgan fingerprint density at radius 2 is 1.33 bits per heavy atom. The molecular formula is C9H33O6P3. The maximum absolute atomic E-state index is 8.17. The molecule has 0 fully saturated rings. The number of rotatable bonds is 5. The molecule has 120 valence electrons. The summed E-state index contributed by atoms with van der Waals surface area (Å²) in [5.74, 6) is 0. The molecule has 0 radical (unpaired) electrons. The smallest absolute Gasteiger partial charge is 0.164 e. The van der Waals surface area contributed by atoms with Crippen LogP contribution < -0.4 is 0 Å². The van der Waals surface area contributed by atoms with Crippen LogP contribution in [0.1, 0.15) is 40.0 Å². The summed E-state index contributed by atoms with van der Waals surface area (Å²) >= 11 is 0. The summed E-state index contributed by atoms with van der Waals surface area (Å²) in [5.41, 5.74) is 0. The zero-order valence-electron chi connectivity index (χ0n) is 11.6. The minimum Gasteiger partial charge on any atom is -0.412 e. The van der Waals surface area contributed by atoms with E-state index in [1.54, 1.807) is 0 Å². The van der Waals surface area contributed by atoms with Crippen molar-refractivity contribution >= 4 is 26.4 Å². The largest absolute Gasteiger partial charge is 0.412 e. The van der Waals surface area contributed by atoms with Crippen molar-refractivity contribution in [2.75, 3.05) is 18.5 Å². The molecule has 0 saturated heterocycles. The third-order valence-corrected chi connectivity index (χ3v) is 3.22. The molecule has 0 heterocycles. The molecule has 0 saturated carbocycles. The summed E-state index contributed by atoms with van der Waals surface area (Å²) in [6.07, 6.45) is 6.01. The quantitative estimate of drug-likeness (QED) is 0.627. The van der Waals surface area contributed by atoms with Gasteiger partial charge in [-0.05, 0) is 18.7 Å². The van der Waals surface area contributed by atoms with Crippen LogP contribution in [0.15, 0.2) is 0 Å². The summed E-state index contributed by atoms with van der Waals surface area (Å²) in [4.78, 5) is 24.4. The summed E-state index contributed by atoms with van der Waals surface area (Å²) in [5, 5.41) is 0. The maximum atomic E-state index is 8.17. The summed E-state index contributed by atoms with van der Waals surface area (Å²) < 4.78 is 0. The van der Waals surface area contributed by atoms with Gasteiger partial charge in [-0.1, -0.05) is 33.6 Å². The predicted molar refractivity (Wildman–Crippen MR) is 87.9 cm³/mol. The van der Waals surface area contributed by atoms with Crippen LogP contribution >= 0.6 is 26.4 Å². The van der Waals surface area contributed by atoms with Gasteiger partial charge in [-0.25, -0.2) is 0 Å². The highest BCUT2D eigenvalue weighted by atomic mass is 31.2. The topological polar surface area (TPSA) is 155 Å². The average molecular weight is 330 g/mol. The lowest BCUT2D eigenvalue weighted by Gasteiger charge is -1.93. The first-order valence-electron chi connectivity index (χ1n) is 5.32. The molecule has 0 aliphatic rings. The van der Waals surface area contributed by atoms with E-state index in [9.17, 15) is 0 Å². The van der Waals surface area contributed by atoms with E-state index in [4.69, 9.17) is 14.7 Å². The maximum Gasteiger partial charge on any atom is 0.164 e. The Hall–Kier alpha value is 1.05. The second kappa shape index (κ2) is 43.0. The van der Waals surface area contributed by atoms with E-state index < -0.39 is 8.38 Å². The fourth-order valence-electron chi connectivity index (χ4n) is 0.312. The van der Waals surface area contributed by atoms with Gasteiger partial charge in [-0.2, -0.15) is 0 Å². The van der Waals surface area contributed by atoms with E-state index in [0.717, 1.165) is 19.0 Å². The van der Waals surface area contributed by atoms with Crippen LogP contribution in [-0.4, -0.2) is 49.6 Å². The lowest BCUT2D eigenvalue weighted by atomic mass is 10.6. The Morgan fingerprint density at radius 1 is 0.944 bits per heavy atom. The van der Waals surface area contributed by atoms with Crippen molar-refractivity contribution in [3.8, 4) is 0 Å². The van der Waals surface area contributed by atoms with Crippen LogP contribution in [0.4, 0.5) is 0 Å². The molecule has 0 bridgehead atoms. The molecule has 18 heavy (non-hydrogen) atoms. The predicted octanol–water partition coefficient (Wildman–Crippen LogP) is 0.473. The molecule has 0 aliphatic heterocycles. The van der Waals surface area contributed by atoms with E-state index in [1.807, 2.05) is 6.92 Å². The summed E-state index contributed by atoms with van der Waals surface area (Å²) in [6.45, 7) is 6.14. The van der Waals surface area contributed by atoms with E-state index in [1.165, 1.54) is 12.6 Å². The molecule has 0 aliphatic carbocycles. The van der Waals surface area contributed by atoms with Gasteiger partial charge in [0.15, 0.2) is 8.38 Å². The zero-order valence-corrected chi connectivity index (χ0v) is 14.7. The van der Waals surface area contributed by atoms with Crippen LogP contribution in [0.3, 0.4) is 0 Å². The van der Waals surface area contributed by atoms with Gasteiger partial charge in [0.1, 0.15) is 0 Å². The van der Waals surface area contributed by atoms with E-state index in [2.05, 4.69) is 23.1 Å². The molecule has 0 rings (SSSR count). The minimum absolute atomic E-state index is 0. The number of hydrogen-bond acceptors (Lipinski definition) is 3. The van der Waals surface area contributed by atoms with Crippen LogP contribution in [0, 0.1) is 0 Å². The molecule has 6 nitrogen and oxygen atoms in total. The first-order chi connectivity index (χ1) is 7.10. The van der Waals surface area contributed by atoms with Gasteiger partial charge >= 0.3 is 0 Å². The number of hydrogen-bond donors (Lipinski definition) is 3. The molecule has 9 N–H and O–H groups in total. The zero-order chi connectivity index (χ0) is 12.5. The van der Waals surface area contributed by atoms with Gasteiger partial charge in [-0.15, -0.1) is 9.24 Å². The van der Waals surface area contributed by atoms with Gasteiger partial charge in [0.2, 0.25) is 0 Å².